The Morgan fingerprint density at radius 3 is 2.70 bits per heavy atom. The number of ether oxygens (including phenoxy) is 2. The number of benzene rings is 2. The first-order chi connectivity index (χ1) is 11.1. The Balaban J connectivity index is 1.90. The summed E-state index contributed by atoms with van der Waals surface area (Å²) in [6.07, 6.45) is 0. The highest BCUT2D eigenvalue weighted by atomic mass is 35.5. The van der Waals surface area contributed by atoms with E-state index < -0.39 is 0 Å². The molecule has 4 nitrogen and oxygen atoms in total. The number of halogens is 1. The van der Waals surface area contributed by atoms with Gasteiger partial charge >= 0.3 is 0 Å². The first-order valence-electron chi connectivity index (χ1n) is 7.27. The van der Waals surface area contributed by atoms with Crippen LogP contribution in [0.5, 0.6) is 11.5 Å². The van der Waals surface area contributed by atoms with Crippen LogP contribution >= 0.6 is 11.6 Å². The van der Waals surface area contributed by atoms with E-state index in [-0.39, 0.29) is 0 Å². The molecule has 0 saturated carbocycles. The van der Waals surface area contributed by atoms with Crippen LogP contribution in [-0.4, -0.2) is 32.2 Å². The Hall–Kier alpha value is -2.22. The van der Waals surface area contributed by atoms with Gasteiger partial charge in [0.15, 0.2) is 0 Å². The zero-order chi connectivity index (χ0) is 16.7. The fourth-order valence-electron chi connectivity index (χ4n) is 2.24. The molecule has 0 atom stereocenters. The fourth-order valence-corrected chi connectivity index (χ4v) is 2.43. The number of nitriles is 1. The van der Waals surface area contributed by atoms with E-state index in [4.69, 9.17) is 26.3 Å². The van der Waals surface area contributed by atoms with E-state index in [0.29, 0.717) is 29.5 Å². The predicted molar refractivity (Wildman–Crippen MR) is 91.0 cm³/mol. The molecule has 0 aliphatic heterocycles. The van der Waals surface area contributed by atoms with Crippen LogP contribution in [0.15, 0.2) is 42.5 Å². The van der Waals surface area contributed by atoms with Gasteiger partial charge in [0.2, 0.25) is 0 Å². The molecule has 0 bridgehead atoms. The van der Waals surface area contributed by atoms with Crippen LogP contribution in [0.25, 0.3) is 0 Å². The summed E-state index contributed by atoms with van der Waals surface area (Å²) in [7, 11) is 3.65. The van der Waals surface area contributed by atoms with Crippen molar-refractivity contribution in [2.75, 3.05) is 27.3 Å². The first kappa shape index (κ1) is 17.1. The number of methoxy groups -OCH3 is 1. The normalized spacial score (nSPS) is 10.4. The molecule has 0 saturated heterocycles. The highest BCUT2D eigenvalue weighted by Gasteiger charge is 2.08. The standard InChI is InChI=1S/C18H19ClN2O2/c1-21(13-15-11-16(19)7-8-17(15)22-2)9-10-23-18-6-4-3-5-14(18)12-20/h3-8,11H,9-10,13H2,1-2H3. The van der Waals surface area contributed by atoms with Gasteiger partial charge in [0, 0.05) is 23.7 Å². The lowest BCUT2D eigenvalue weighted by Crippen LogP contribution is -2.24. The van der Waals surface area contributed by atoms with E-state index in [1.54, 1.807) is 19.2 Å². The SMILES string of the molecule is COc1ccc(Cl)cc1CN(C)CCOc1ccccc1C#N. The van der Waals surface area contributed by atoms with Crippen molar-refractivity contribution in [2.24, 2.45) is 0 Å². The minimum Gasteiger partial charge on any atom is -0.496 e. The van der Waals surface area contributed by atoms with Gasteiger partial charge in [0.05, 0.1) is 12.7 Å². The second-order valence-corrected chi connectivity index (χ2v) is 5.59. The average molecular weight is 331 g/mol. The van der Waals surface area contributed by atoms with Crippen LogP contribution < -0.4 is 9.47 Å². The number of rotatable bonds is 7. The lowest BCUT2D eigenvalue weighted by atomic mass is 10.2. The van der Waals surface area contributed by atoms with Crippen LogP contribution in [0.2, 0.25) is 5.02 Å². The Morgan fingerprint density at radius 2 is 1.96 bits per heavy atom. The summed E-state index contributed by atoms with van der Waals surface area (Å²) in [5, 5.41) is 9.73. The zero-order valence-corrected chi connectivity index (χ0v) is 14.0. The van der Waals surface area contributed by atoms with Crippen LogP contribution in [0.3, 0.4) is 0 Å². The van der Waals surface area contributed by atoms with Gasteiger partial charge in [0.1, 0.15) is 24.2 Å². The highest BCUT2D eigenvalue weighted by Crippen LogP contribution is 2.23. The third kappa shape index (κ3) is 4.88. The van der Waals surface area contributed by atoms with Crippen LogP contribution in [0.4, 0.5) is 0 Å². The van der Waals surface area contributed by atoms with Gasteiger partial charge in [-0.2, -0.15) is 5.26 Å². The molecule has 2 rings (SSSR count). The number of hydrogen-bond acceptors (Lipinski definition) is 4. The van der Waals surface area contributed by atoms with E-state index in [1.807, 2.05) is 37.4 Å². The van der Waals surface area contributed by atoms with E-state index in [9.17, 15) is 0 Å². The topological polar surface area (TPSA) is 45.5 Å². The van der Waals surface area contributed by atoms with Crippen molar-refractivity contribution >= 4 is 11.6 Å². The molecule has 2 aromatic carbocycles. The summed E-state index contributed by atoms with van der Waals surface area (Å²) in [5.74, 6) is 1.43. The van der Waals surface area contributed by atoms with Crippen molar-refractivity contribution in [1.82, 2.24) is 4.90 Å². The van der Waals surface area contributed by atoms with Crippen molar-refractivity contribution in [3.05, 3.63) is 58.6 Å². The molecule has 0 radical (unpaired) electrons. The summed E-state index contributed by atoms with van der Waals surface area (Å²) in [5.41, 5.74) is 1.58. The van der Waals surface area contributed by atoms with Crippen LogP contribution in [0, 0.1) is 11.3 Å². The van der Waals surface area contributed by atoms with Crippen LogP contribution in [-0.2, 0) is 6.54 Å². The molecule has 0 fully saturated rings. The largest absolute Gasteiger partial charge is 0.496 e. The van der Waals surface area contributed by atoms with E-state index in [1.165, 1.54) is 0 Å². The second-order valence-electron chi connectivity index (χ2n) is 5.15. The van der Waals surface area contributed by atoms with Gasteiger partial charge in [-0.1, -0.05) is 23.7 Å². The zero-order valence-electron chi connectivity index (χ0n) is 13.3. The molecule has 0 N–H and O–H groups in total. The fraction of sp³-hybridized carbons (Fsp3) is 0.278. The van der Waals surface area contributed by atoms with Gasteiger partial charge in [-0.3, -0.25) is 4.90 Å². The van der Waals surface area contributed by atoms with Crippen molar-refractivity contribution in [3.63, 3.8) is 0 Å². The third-order valence-corrected chi connectivity index (χ3v) is 3.66. The smallest absolute Gasteiger partial charge is 0.137 e. The molecule has 0 aliphatic rings. The Morgan fingerprint density at radius 1 is 1.17 bits per heavy atom. The number of nitrogens with zero attached hydrogens (tertiary/aromatic N) is 2. The molecule has 2 aromatic rings. The summed E-state index contributed by atoms with van der Waals surface area (Å²) in [4.78, 5) is 2.11. The maximum atomic E-state index is 9.04. The molecule has 0 heterocycles. The number of hydrogen-bond donors (Lipinski definition) is 0. The third-order valence-electron chi connectivity index (χ3n) is 3.42. The summed E-state index contributed by atoms with van der Waals surface area (Å²) >= 11 is 6.05. The molecule has 0 spiro atoms. The lowest BCUT2D eigenvalue weighted by molar-refractivity contribution is 0.230. The minimum absolute atomic E-state index is 0.498. The summed E-state index contributed by atoms with van der Waals surface area (Å²) < 4.78 is 11.0. The van der Waals surface area contributed by atoms with Gasteiger partial charge in [-0.15, -0.1) is 0 Å². The molecule has 0 amide bonds. The summed E-state index contributed by atoms with van der Waals surface area (Å²) in [6.45, 7) is 1.92. The maximum absolute atomic E-state index is 9.04. The molecular formula is C18H19ClN2O2. The van der Waals surface area contributed by atoms with Crippen LogP contribution in [0.1, 0.15) is 11.1 Å². The lowest BCUT2D eigenvalue weighted by Gasteiger charge is -2.19. The quantitative estimate of drug-likeness (QED) is 0.776. The van der Waals surface area contributed by atoms with E-state index in [2.05, 4.69) is 11.0 Å². The Labute approximate surface area is 141 Å². The first-order valence-corrected chi connectivity index (χ1v) is 7.64. The molecule has 0 unspecified atom stereocenters. The van der Waals surface area contributed by atoms with E-state index >= 15 is 0 Å². The van der Waals surface area contributed by atoms with Crippen molar-refractivity contribution in [3.8, 4) is 17.6 Å². The Bertz CT molecular complexity index is 698. The number of para-hydroxylation sites is 1. The molecule has 5 heteroatoms. The number of likely N-dealkylation sites (N-methyl/N-ethyl adjacent to an activating group) is 1. The van der Waals surface area contributed by atoms with Crippen molar-refractivity contribution < 1.29 is 9.47 Å². The molecule has 0 aromatic heterocycles. The molecule has 120 valence electrons. The minimum atomic E-state index is 0.498. The van der Waals surface area contributed by atoms with E-state index in [0.717, 1.165) is 17.9 Å². The van der Waals surface area contributed by atoms with Crippen molar-refractivity contribution in [1.29, 1.82) is 5.26 Å². The van der Waals surface area contributed by atoms with Crippen molar-refractivity contribution in [2.45, 2.75) is 6.54 Å². The van der Waals surface area contributed by atoms with Gasteiger partial charge in [-0.05, 0) is 37.4 Å². The second kappa shape index (κ2) is 8.42. The monoisotopic (exact) mass is 330 g/mol. The van der Waals surface area contributed by atoms with Gasteiger partial charge in [-0.25, -0.2) is 0 Å². The molecular weight excluding hydrogens is 312 g/mol. The maximum Gasteiger partial charge on any atom is 0.137 e. The predicted octanol–water partition coefficient (Wildman–Crippen LogP) is 3.73. The van der Waals surface area contributed by atoms with Gasteiger partial charge in [0.25, 0.3) is 0 Å². The average Bonchev–Trinajstić information content (AvgIpc) is 2.55. The Kier molecular flexibility index (Phi) is 6.28. The molecule has 23 heavy (non-hydrogen) atoms. The summed E-state index contributed by atoms with van der Waals surface area (Å²) in [6, 6.07) is 14.9. The van der Waals surface area contributed by atoms with Gasteiger partial charge < -0.3 is 9.47 Å². The highest BCUT2D eigenvalue weighted by molar-refractivity contribution is 6.30. The molecule has 0 aliphatic carbocycles.